The van der Waals surface area contributed by atoms with E-state index in [9.17, 15) is 4.39 Å². The Labute approximate surface area is 113 Å². The third kappa shape index (κ3) is 2.28. The van der Waals surface area contributed by atoms with Gasteiger partial charge in [0.15, 0.2) is 0 Å². The predicted molar refractivity (Wildman–Crippen MR) is 76.0 cm³/mol. The molecule has 0 bridgehead atoms. The number of nitrogens with one attached hydrogen (secondary N) is 1. The molecule has 0 unspecified atom stereocenters. The van der Waals surface area contributed by atoms with Crippen LogP contribution in [0.25, 0.3) is 0 Å². The van der Waals surface area contributed by atoms with Crippen LogP contribution in [0.5, 0.6) is 0 Å². The van der Waals surface area contributed by atoms with Crippen LogP contribution in [0, 0.1) is 5.82 Å². The molecule has 2 atom stereocenters. The van der Waals surface area contributed by atoms with Crippen LogP contribution in [-0.2, 0) is 0 Å². The SMILES string of the molecule is CNC[C@@H]1C[C@@H](c2ccc(F)cc2)c2ccccc21. The van der Waals surface area contributed by atoms with Gasteiger partial charge in [-0.2, -0.15) is 0 Å². The van der Waals surface area contributed by atoms with E-state index in [1.54, 1.807) is 12.1 Å². The number of halogens is 1. The summed E-state index contributed by atoms with van der Waals surface area (Å²) in [6.07, 6.45) is 1.10. The van der Waals surface area contributed by atoms with Gasteiger partial charge in [0.05, 0.1) is 0 Å². The molecular weight excluding hydrogens is 237 g/mol. The molecule has 1 nitrogen and oxygen atoms in total. The quantitative estimate of drug-likeness (QED) is 0.882. The van der Waals surface area contributed by atoms with Crippen LogP contribution in [0.2, 0.25) is 0 Å². The molecule has 1 N–H and O–H groups in total. The van der Waals surface area contributed by atoms with Crippen molar-refractivity contribution in [2.45, 2.75) is 18.3 Å². The van der Waals surface area contributed by atoms with Crippen LogP contribution < -0.4 is 5.32 Å². The highest BCUT2D eigenvalue weighted by atomic mass is 19.1. The van der Waals surface area contributed by atoms with Gasteiger partial charge in [0.25, 0.3) is 0 Å². The lowest BCUT2D eigenvalue weighted by atomic mass is 9.93. The zero-order chi connectivity index (χ0) is 13.2. The fourth-order valence-electron chi connectivity index (χ4n) is 3.19. The summed E-state index contributed by atoms with van der Waals surface area (Å²) in [4.78, 5) is 0. The Hall–Kier alpha value is -1.67. The average Bonchev–Trinajstić information content (AvgIpc) is 2.80. The second kappa shape index (κ2) is 5.14. The van der Waals surface area contributed by atoms with Gasteiger partial charge in [-0.1, -0.05) is 36.4 Å². The standard InChI is InChI=1S/C17H18FN/c1-19-11-13-10-17(12-6-8-14(18)9-7-12)16-5-3-2-4-15(13)16/h2-9,13,17,19H,10-11H2,1H3/t13-,17-/m0/s1. The van der Waals surface area contributed by atoms with Gasteiger partial charge in [0.1, 0.15) is 5.82 Å². The van der Waals surface area contributed by atoms with Gasteiger partial charge >= 0.3 is 0 Å². The monoisotopic (exact) mass is 255 g/mol. The molecule has 0 radical (unpaired) electrons. The third-order valence-electron chi connectivity index (χ3n) is 4.05. The minimum atomic E-state index is -0.165. The molecule has 2 heteroatoms. The summed E-state index contributed by atoms with van der Waals surface area (Å²) in [5.41, 5.74) is 4.05. The lowest BCUT2D eigenvalue weighted by molar-refractivity contribution is 0.594. The number of hydrogen-bond donors (Lipinski definition) is 1. The first-order valence-corrected chi connectivity index (χ1v) is 6.78. The molecule has 19 heavy (non-hydrogen) atoms. The first kappa shape index (κ1) is 12.4. The maximum atomic E-state index is 13.1. The van der Waals surface area contributed by atoms with Gasteiger partial charge in [-0.3, -0.25) is 0 Å². The summed E-state index contributed by atoms with van der Waals surface area (Å²) in [6, 6.07) is 15.6. The Balaban J connectivity index is 1.98. The van der Waals surface area contributed by atoms with Crippen LogP contribution in [0.4, 0.5) is 4.39 Å². The van der Waals surface area contributed by atoms with Crippen LogP contribution in [0.3, 0.4) is 0 Å². The molecule has 0 spiro atoms. The van der Waals surface area contributed by atoms with Crippen molar-refractivity contribution in [2.24, 2.45) is 0 Å². The Kier molecular flexibility index (Phi) is 3.34. The molecular formula is C17H18FN. The van der Waals surface area contributed by atoms with Gasteiger partial charge in [-0.25, -0.2) is 4.39 Å². The first-order valence-electron chi connectivity index (χ1n) is 6.78. The topological polar surface area (TPSA) is 12.0 Å². The summed E-state index contributed by atoms with van der Waals surface area (Å²) < 4.78 is 13.1. The van der Waals surface area contributed by atoms with E-state index in [2.05, 4.69) is 29.6 Å². The minimum Gasteiger partial charge on any atom is -0.319 e. The Morgan fingerprint density at radius 2 is 1.74 bits per heavy atom. The average molecular weight is 255 g/mol. The van der Waals surface area contributed by atoms with Gasteiger partial charge in [0.2, 0.25) is 0 Å². The molecule has 0 amide bonds. The number of rotatable bonds is 3. The largest absolute Gasteiger partial charge is 0.319 e. The van der Waals surface area contributed by atoms with Crippen molar-refractivity contribution in [3.63, 3.8) is 0 Å². The van der Waals surface area contributed by atoms with E-state index in [1.807, 2.05) is 19.2 Å². The maximum Gasteiger partial charge on any atom is 0.123 e. The second-order valence-corrected chi connectivity index (χ2v) is 5.22. The highest BCUT2D eigenvalue weighted by Crippen LogP contribution is 2.44. The fourth-order valence-corrected chi connectivity index (χ4v) is 3.19. The van der Waals surface area contributed by atoms with E-state index < -0.39 is 0 Å². The van der Waals surface area contributed by atoms with Crippen molar-refractivity contribution in [2.75, 3.05) is 13.6 Å². The van der Waals surface area contributed by atoms with Crippen molar-refractivity contribution in [3.8, 4) is 0 Å². The van der Waals surface area contributed by atoms with E-state index in [1.165, 1.54) is 16.7 Å². The van der Waals surface area contributed by atoms with Crippen molar-refractivity contribution >= 4 is 0 Å². The molecule has 0 aromatic heterocycles. The van der Waals surface area contributed by atoms with Crippen molar-refractivity contribution in [1.29, 1.82) is 0 Å². The minimum absolute atomic E-state index is 0.165. The molecule has 3 rings (SSSR count). The molecule has 0 aliphatic heterocycles. The van der Waals surface area contributed by atoms with Crippen LogP contribution in [0.15, 0.2) is 48.5 Å². The molecule has 0 fully saturated rings. The van der Waals surface area contributed by atoms with E-state index in [0.29, 0.717) is 11.8 Å². The van der Waals surface area contributed by atoms with E-state index in [0.717, 1.165) is 13.0 Å². The van der Waals surface area contributed by atoms with Crippen LogP contribution in [0.1, 0.15) is 34.9 Å². The Morgan fingerprint density at radius 3 is 2.42 bits per heavy atom. The lowest BCUT2D eigenvalue weighted by Crippen LogP contribution is -2.15. The van der Waals surface area contributed by atoms with Crippen LogP contribution >= 0.6 is 0 Å². The summed E-state index contributed by atoms with van der Waals surface area (Å²) in [6.45, 7) is 0.995. The lowest BCUT2D eigenvalue weighted by Gasteiger charge is -2.12. The summed E-state index contributed by atoms with van der Waals surface area (Å²) in [7, 11) is 1.99. The smallest absolute Gasteiger partial charge is 0.123 e. The summed E-state index contributed by atoms with van der Waals surface area (Å²) >= 11 is 0. The zero-order valence-corrected chi connectivity index (χ0v) is 11.1. The zero-order valence-electron chi connectivity index (χ0n) is 11.1. The molecule has 0 saturated carbocycles. The highest BCUT2D eigenvalue weighted by molar-refractivity contribution is 5.44. The number of benzene rings is 2. The fraction of sp³-hybridized carbons (Fsp3) is 0.294. The maximum absolute atomic E-state index is 13.1. The van der Waals surface area contributed by atoms with Crippen molar-refractivity contribution < 1.29 is 4.39 Å². The summed E-state index contributed by atoms with van der Waals surface area (Å²) in [5, 5.41) is 3.27. The Bertz CT molecular complexity index is 562. The molecule has 1 aliphatic rings. The molecule has 98 valence electrons. The predicted octanol–water partition coefficient (Wildman–Crippen LogP) is 3.66. The number of likely N-dealkylation sites (N-methyl/N-ethyl adjacent to an activating group) is 1. The van der Waals surface area contributed by atoms with Gasteiger partial charge in [-0.15, -0.1) is 0 Å². The van der Waals surface area contributed by atoms with Gasteiger partial charge in [-0.05, 0) is 48.2 Å². The van der Waals surface area contributed by atoms with Crippen molar-refractivity contribution in [3.05, 3.63) is 71.0 Å². The molecule has 2 aromatic carbocycles. The van der Waals surface area contributed by atoms with E-state index in [4.69, 9.17) is 0 Å². The Morgan fingerprint density at radius 1 is 1.05 bits per heavy atom. The third-order valence-corrected chi connectivity index (χ3v) is 4.05. The van der Waals surface area contributed by atoms with Gasteiger partial charge in [0, 0.05) is 12.5 Å². The van der Waals surface area contributed by atoms with Crippen LogP contribution in [-0.4, -0.2) is 13.6 Å². The number of fused-ring (bicyclic) bond motifs is 1. The second-order valence-electron chi connectivity index (χ2n) is 5.22. The normalized spacial score (nSPS) is 21.4. The molecule has 0 saturated heterocycles. The molecule has 1 aliphatic carbocycles. The molecule has 0 heterocycles. The molecule has 2 aromatic rings. The summed E-state index contributed by atoms with van der Waals surface area (Å²) in [5.74, 6) is 0.785. The first-order chi connectivity index (χ1) is 9.29. The van der Waals surface area contributed by atoms with E-state index in [-0.39, 0.29) is 5.82 Å². The van der Waals surface area contributed by atoms with Gasteiger partial charge < -0.3 is 5.32 Å². The number of hydrogen-bond acceptors (Lipinski definition) is 1. The highest BCUT2D eigenvalue weighted by Gasteiger charge is 2.30. The van der Waals surface area contributed by atoms with E-state index >= 15 is 0 Å². The van der Waals surface area contributed by atoms with Crippen molar-refractivity contribution in [1.82, 2.24) is 5.32 Å².